The number of carbonyl (C=O) groups excluding carboxylic acids is 1. The van der Waals surface area contributed by atoms with Crippen molar-refractivity contribution in [3.05, 3.63) is 35.1 Å². The number of nitrogens with two attached hydrogens (primary N) is 1. The molecule has 1 saturated carbocycles. The van der Waals surface area contributed by atoms with E-state index < -0.39 is 5.82 Å². The molecule has 1 aliphatic rings. The molecule has 1 aromatic carbocycles. The van der Waals surface area contributed by atoms with Gasteiger partial charge >= 0.3 is 0 Å². The molecule has 0 aliphatic heterocycles. The van der Waals surface area contributed by atoms with Gasteiger partial charge in [0.15, 0.2) is 0 Å². The SMILES string of the molecule is CCN(C(=O)c1cccc(C)c1F)C1CCC(N)CC1. The summed E-state index contributed by atoms with van der Waals surface area (Å²) in [5.74, 6) is -0.599. The van der Waals surface area contributed by atoms with Crippen LogP contribution in [0.3, 0.4) is 0 Å². The zero-order valence-electron chi connectivity index (χ0n) is 12.2. The van der Waals surface area contributed by atoms with Crippen LogP contribution in [0.15, 0.2) is 18.2 Å². The summed E-state index contributed by atoms with van der Waals surface area (Å²) >= 11 is 0. The summed E-state index contributed by atoms with van der Waals surface area (Å²) < 4.78 is 14.1. The smallest absolute Gasteiger partial charge is 0.257 e. The Labute approximate surface area is 120 Å². The van der Waals surface area contributed by atoms with Crippen LogP contribution in [0.1, 0.15) is 48.5 Å². The van der Waals surface area contributed by atoms with Crippen molar-refractivity contribution >= 4 is 5.91 Å². The molecule has 0 bridgehead atoms. The van der Waals surface area contributed by atoms with Gasteiger partial charge in [0.05, 0.1) is 5.56 Å². The highest BCUT2D eigenvalue weighted by Crippen LogP contribution is 2.24. The lowest BCUT2D eigenvalue weighted by molar-refractivity contribution is 0.0635. The number of benzene rings is 1. The topological polar surface area (TPSA) is 46.3 Å². The first-order valence-electron chi connectivity index (χ1n) is 7.36. The zero-order chi connectivity index (χ0) is 14.7. The van der Waals surface area contributed by atoms with Crippen LogP contribution in [0.5, 0.6) is 0 Å². The van der Waals surface area contributed by atoms with Gasteiger partial charge in [0, 0.05) is 18.6 Å². The molecule has 0 heterocycles. The molecule has 110 valence electrons. The zero-order valence-corrected chi connectivity index (χ0v) is 12.2. The third-order valence-electron chi connectivity index (χ3n) is 4.21. The third kappa shape index (κ3) is 3.01. The molecule has 1 aliphatic carbocycles. The van der Waals surface area contributed by atoms with Crippen molar-refractivity contribution in [2.75, 3.05) is 6.54 Å². The van der Waals surface area contributed by atoms with E-state index in [9.17, 15) is 9.18 Å². The number of amides is 1. The normalized spacial score (nSPS) is 22.6. The van der Waals surface area contributed by atoms with Crippen LogP contribution in [-0.2, 0) is 0 Å². The van der Waals surface area contributed by atoms with E-state index >= 15 is 0 Å². The summed E-state index contributed by atoms with van der Waals surface area (Å²) in [5, 5.41) is 0. The van der Waals surface area contributed by atoms with Crippen LogP contribution in [-0.4, -0.2) is 29.4 Å². The fourth-order valence-electron chi connectivity index (χ4n) is 2.95. The summed E-state index contributed by atoms with van der Waals surface area (Å²) in [6.45, 7) is 4.23. The quantitative estimate of drug-likeness (QED) is 0.924. The molecule has 0 aromatic heterocycles. The van der Waals surface area contributed by atoms with E-state index in [-0.39, 0.29) is 23.6 Å². The van der Waals surface area contributed by atoms with E-state index in [1.807, 2.05) is 6.92 Å². The number of nitrogens with zero attached hydrogens (tertiary/aromatic N) is 1. The second kappa shape index (κ2) is 6.35. The molecule has 0 spiro atoms. The number of halogens is 1. The van der Waals surface area contributed by atoms with Crippen LogP contribution < -0.4 is 5.73 Å². The average Bonchev–Trinajstić information content (AvgIpc) is 2.44. The Bertz CT molecular complexity index is 481. The first-order valence-corrected chi connectivity index (χ1v) is 7.36. The molecular formula is C16H23FN2O. The van der Waals surface area contributed by atoms with Crippen LogP contribution in [0, 0.1) is 12.7 Å². The number of hydrogen-bond acceptors (Lipinski definition) is 2. The lowest BCUT2D eigenvalue weighted by Gasteiger charge is -2.35. The predicted molar refractivity (Wildman–Crippen MR) is 78.1 cm³/mol. The highest BCUT2D eigenvalue weighted by molar-refractivity contribution is 5.95. The maximum absolute atomic E-state index is 14.1. The van der Waals surface area contributed by atoms with Gasteiger partial charge in [-0.05, 0) is 51.2 Å². The second-order valence-corrected chi connectivity index (χ2v) is 5.60. The van der Waals surface area contributed by atoms with Gasteiger partial charge in [-0.1, -0.05) is 12.1 Å². The summed E-state index contributed by atoms with van der Waals surface area (Å²) in [7, 11) is 0. The van der Waals surface area contributed by atoms with Crippen LogP contribution in [0.25, 0.3) is 0 Å². The van der Waals surface area contributed by atoms with Gasteiger partial charge in [-0.25, -0.2) is 4.39 Å². The Morgan fingerprint density at radius 1 is 1.35 bits per heavy atom. The molecule has 2 rings (SSSR count). The molecule has 0 atom stereocenters. The highest BCUT2D eigenvalue weighted by atomic mass is 19.1. The minimum atomic E-state index is -0.400. The maximum atomic E-state index is 14.1. The lowest BCUT2D eigenvalue weighted by Crippen LogP contribution is -2.44. The number of rotatable bonds is 3. The van der Waals surface area contributed by atoms with Gasteiger partial charge < -0.3 is 10.6 Å². The Hall–Kier alpha value is -1.42. The fourth-order valence-corrected chi connectivity index (χ4v) is 2.95. The summed E-state index contributed by atoms with van der Waals surface area (Å²) in [5.41, 5.74) is 6.60. The van der Waals surface area contributed by atoms with Gasteiger partial charge in [0.25, 0.3) is 5.91 Å². The van der Waals surface area contributed by atoms with Crippen LogP contribution in [0.2, 0.25) is 0 Å². The van der Waals surface area contributed by atoms with Crippen LogP contribution >= 0.6 is 0 Å². The van der Waals surface area contributed by atoms with Crippen molar-refractivity contribution in [3.8, 4) is 0 Å². The van der Waals surface area contributed by atoms with Crippen LogP contribution in [0.4, 0.5) is 4.39 Å². The van der Waals surface area contributed by atoms with Crippen molar-refractivity contribution in [1.82, 2.24) is 4.90 Å². The molecule has 3 nitrogen and oxygen atoms in total. The highest BCUT2D eigenvalue weighted by Gasteiger charge is 2.28. The lowest BCUT2D eigenvalue weighted by atomic mass is 9.90. The number of carbonyl (C=O) groups is 1. The van der Waals surface area contributed by atoms with Gasteiger partial charge in [-0.3, -0.25) is 4.79 Å². The number of aryl methyl sites for hydroxylation is 1. The standard InChI is InChI=1S/C16H23FN2O/c1-3-19(13-9-7-12(18)8-10-13)16(20)14-6-4-5-11(2)15(14)17/h4-6,12-13H,3,7-10,18H2,1-2H3. The fraction of sp³-hybridized carbons (Fsp3) is 0.562. The molecule has 0 saturated heterocycles. The molecule has 2 N–H and O–H groups in total. The molecule has 1 amide bonds. The average molecular weight is 278 g/mol. The predicted octanol–water partition coefficient (Wildman–Crippen LogP) is 2.87. The summed E-state index contributed by atoms with van der Waals surface area (Å²) in [6.07, 6.45) is 3.69. The molecule has 1 aromatic rings. The number of hydrogen-bond donors (Lipinski definition) is 1. The van der Waals surface area contributed by atoms with Crippen molar-refractivity contribution < 1.29 is 9.18 Å². The molecule has 0 unspecified atom stereocenters. The van der Waals surface area contributed by atoms with Gasteiger partial charge in [-0.2, -0.15) is 0 Å². The third-order valence-corrected chi connectivity index (χ3v) is 4.21. The van der Waals surface area contributed by atoms with E-state index in [0.717, 1.165) is 25.7 Å². The van der Waals surface area contributed by atoms with E-state index in [2.05, 4.69) is 0 Å². The molecular weight excluding hydrogens is 255 g/mol. The Balaban J connectivity index is 2.19. The second-order valence-electron chi connectivity index (χ2n) is 5.60. The van der Waals surface area contributed by atoms with Crippen molar-refractivity contribution in [1.29, 1.82) is 0 Å². The van der Waals surface area contributed by atoms with E-state index in [1.54, 1.807) is 30.0 Å². The Kier molecular flexibility index (Phi) is 4.76. The Morgan fingerprint density at radius 3 is 2.60 bits per heavy atom. The first-order chi connectivity index (χ1) is 9.54. The monoisotopic (exact) mass is 278 g/mol. The minimum absolute atomic E-state index is 0.182. The molecule has 1 fully saturated rings. The molecule has 0 radical (unpaired) electrons. The summed E-state index contributed by atoms with van der Waals surface area (Å²) in [6, 6.07) is 5.42. The van der Waals surface area contributed by atoms with Crippen molar-refractivity contribution in [2.24, 2.45) is 5.73 Å². The molecule has 20 heavy (non-hydrogen) atoms. The van der Waals surface area contributed by atoms with E-state index in [1.165, 1.54) is 0 Å². The van der Waals surface area contributed by atoms with Gasteiger partial charge in [0.1, 0.15) is 5.82 Å². The first kappa shape index (κ1) is 15.0. The van der Waals surface area contributed by atoms with E-state index in [4.69, 9.17) is 5.73 Å². The van der Waals surface area contributed by atoms with Gasteiger partial charge in [-0.15, -0.1) is 0 Å². The maximum Gasteiger partial charge on any atom is 0.257 e. The van der Waals surface area contributed by atoms with Crippen molar-refractivity contribution in [3.63, 3.8) is 0 Å². The summed E-state index contributed by atoms with van der Waals surface area (Å²) in [4.78, 5) is 14.4. The molecule has 4 heteroatoms. The van der Waals surface area contributed by atoms with Gasteiger partial charge in [0.2, 0.25) is 0 Å². The minimum Gasteiger partial charge on any atom is -0.336 e. The largest absolute Gasteiger partial charge is 0.336 e. The Morgan fingerprint density at radius 2 is 2.00 bits per heavy atom. The van der Waals surface area contributed by atoms with Crippen molar-refractivity contribution in [2.45, 2.75) is 51.6 Å². The van der Waals surface area contributed by atoms with E-state index in [0.29, 0.717) is 12.1 Å².